The fraction of sp³-hybridized carbons (Fsp3) is 0.292. The molecule has 1 aliphatic heterocycles. The maximum atomic E-state index is 15.9. The van der Waals surface area contributed by atoms with Crippen LogP contribution >= 0.6 is 11.3 Å². The van der Waals surface area contributed by atoms with Crippen molar-refractivity contribution in [3.63, 3.8) is 0 Å². The van der Waals surface area contributed by atoms with Crippen molar-refractivity contribution in [2.24, 2.45) is 0 Å². The van der Waals surface area contributed by atoms with Crippen LogP contribution in [0.4, 0.5) is 14.5 Å². The zero-order chi connectivity index (χ0) is 22.6. The molecule has 3 N–H and O–H groups in total. The molecule has 2 aromatic heterocycles. The summed E-state index contributed by atoms with van der Waals surface area (Å²) < 4.78 is 31.4. The number of rotatable bonds is 4. The van der Waals surface area contributed by atoms with Crippen molar-refractivity contribution in [1.82, 2.24) is 15.4 Å². The number of aliphatic hydroxyl groups excluding tert-OH is 1. The number of halogens is 2. The summed E-state index contributed by atoms with van der Waals surface area (Å²) in [6.45, 7) is 6.04. The molecular formula is C24H24F2N4OS. The van der Waals surface area contributed by atoms with Gasteiger partial charge >= 0.3 is 0 Å². The molecule has 1 atom stereocenters. The zero-order valence-electron chi connectivity index (χ0n) is 18.0. The third-order valence-electron chi connectivity index (χ3n) is 6.39. The Labute approximate surface area is 188 Å². The Hall–Kier alpha value is -2.81. The summed E-state index contributed by atoms with van der Waals surface area (Å²) in [5.41, 5.74) is 5.23. The third kappa shape index (κ3) is 3.21. The Morgan fingerprint density at radius 2 is 2.16 bits per heavy atom. The molecule has 0 saturated heterocycles. The van der Waals surface area contributed by atoms with Crippen LogP contribution in [0.1, 0.15) is 30.0 Å². The number of thiazole rings is 1. The van der Waals surface area contributed by atoms with Crippen LogP contribution in [0.15, 0.2) is 42.0 Å². The van der Waals surface area contributed by atoms with Crippen LogP contribution in [-0.2, 0) is 13.0 Å². The fourth-order valence-corrected chi connectivity index (χ4v) is 5.02. The highest BCUT2D eigenvalue weighted by Gasteiger charge is 2.42. The van der Waals surface area contributed by atoms with E-state index < -0.39 is 23.3 Å². The van der Waals surface area contributed by atoms with Gasteiger partial charge in [0.2, 0.25) is 0 Å². The SMILES string of the molecule is Cc1c[nH]c2c(-c3c(F)cc4c(c3F)C[C@H](O)C(C)(C)N4NCc3nccs3)cccc12. The lowest BCUT2D eigenvalue weighted by Gasteiger charge is -2.48. The number of aliphatic hydroxyl groups is 1. The van der Waals surface area contributed by atoms with Crippen molar-refractivity contribution in [3.8, 4) is 11.1 Å². The second-order valence-electron chi connectivity index (χ2n) is 8.71. The van der Waals surface area contributed by atoms with Gasteiger partial charge in [0.25, 0.3) is 0 Å². The Morgan fingerprint density at radius 3 is 2.91 bits per heavy atom. The minimum Gasteiger partial charge on any atom is -0.390 e. The second-order valence-corrected chi connectivity index (χ2v) is 9.69. The molecular weight excluding hydrogens is 430 g/mol. The molecule has 2 aromatic carbocycles. The predicted molar refractivity (Wildman–Crippen MR) is 124 cm³/mol. The fourth-order valence-electron chi connectivity index (χ4n) is 4.47. The van der Waals surface area contributed by atoms with Crippen LogP contribution in [0, 0.1) is 18.6 Å². The molecule has 8 heteroatoms. The van der Waals surface area contributed by atoms with Crippen LogP contribution in [-0.4, -0.2) is 26.7 Å². The van der Waals surface area contributed by atoms with E-state index in [2.05, 4.69) is 15.4 Å². The van der Waals surface area contributed by atoms with E-state index in [1.54, 1.807) is 23.3 Å². The quantitative estimate of drug-likeness (QED) is 0.402. The lowest BCUT2D eigenvalue weighted by Crippen LogP contribution is -2.61. The van der Waals surface area contributed by atoms with Gasteiger partial charge < -0.3 is 10.1 Å². The maximum absolute atomic E-state index is 15.9. The van der Waals surface area contributed by atoms with E-state index in [0.717, 1.165) is 16.0 Å². The number of aromatic nitrogens is 2. The van der Waals surface area contributed by atoms with Crippen LogP contribution in [0.3, 0.4) is 0 Å². The summed E-state index contributed by atoms with van der Waals surface area (Å²) >= 11 is 1.49. The number of hydrogen-bond acceptors (Lipinski definition) is 5. The first kappa shape index (κ1) is 21.1. The molecule has 0 aliphatic carbocycles. The number of anilines is 1. The highest BCUT2D eigenvalue weighted by Crippen LogP contribution is 2.43. The second kappa shape index (κ2) is 7.65. The highest BCUT2D eigenvalue weighted by atomic mass is 32.1. The Morgan fingerprint density at radius 1 is 1.34 bits per heavy atom. The Kier molecular flexibility index (Phi) is 5.03. The van der Waals surface area contributed by atoms with Crippen LogP contribution in [0.2, 0.25) is 0 Å². The molecule has 1 aliphatic rings. The molecule has 0 spiro atoms. The summed E-state index contributed by atoms with van der Waals surface area (Å²) in [4.78, 5) is 7.40. The van der Waals surface area contributed by atoms with E-state index in [9.17, 15) is 5.11 Å². The van der Waals surface area contributed by atoms with Gasteiger partial charge in [-0.1, -0.05) is 18.2 Å². The third-order valence-corrected chi connectivity index (χ3v) is 7.17. The maximum Gasteiger partial charge on any atom is 0.139 e. The standard InChI is InChI=1S/C24H24F2N4OS/c1-13-11-28-23-14(13)5-4-6-15(23)21-17(25)10-18-16(22(21)26)9-19(31)24(2,3)30(18)29-12-20-27-7-8-32-20/h4-8,10-11,19,28-29,31H,9,12H2,1-3H3/t19-/m0/s1. The van der Waals surface area contributed by atoms with E-state index in [0.29, 0.717) is 28.9 Å². The van der Waals surface area contributed by atoms with Crippen molar-refractivity contribution >= 4 is 27.9 Å². The predicted octanol–water partition coefficient (Wildman–Crippen LogP) is 5.08. The average Bonchev–Trinajstić information content (AvgIpc) is 3.40. The average molecular weight is 455 g/mol. The van der Waals surface area contributed by atoms with Gasteiger partial charge in [0.15, 0.2) is 0 Å². The number of benzene rings is 2. The Bertz CT molecular complexity index is 1300. The van der Waals surface area contributed by atoms with Gasteiger partial charge in [-0.05, 0) is 32.4 Å². The molecule has 166 valence electrons. The highest BCUT2D eigenvalue weighted by molar-refractivity contribution is 7.09. The molecule has 32 heavy (non-hydrogen) atoms. The summed E-state index contributed by atoms with van der Waals surface area (Å²) in [5, 5.41) is 16.2. The van der Waals surface area contributed by atoms with Crippen molar-refractivity contribution in [2.45, 2.75) is 45.4 Å². The number of aryl methyl sites for hydroxylation is 1. The Balaban J connectivity index is 1.65. The van der Waals surface area contributed by atoms with Gasteiger partial charge in [-0.15, -0.1) is 11.3 Å². The number of nitrogens with one attached hydrogen (secondary N) is 2. The van der Waals surface area contributed by atoms with E-state index >= 15 is 8.78 Å². The van der Waals surface area contributed by atoms with Crippen LogP contribution in [0.25, 0.3) is 22.0 Å². The van der Waals surface area contributed by atoms with Gasteiger partial charge in [0.1, 0.15) is 16.6 Å². The van der Waals surface area contributed by atoms with Gasteiger partial charge in [0.05, 0.1) is 35.0 Å². The lowest BCUT2D eigenvalue weighted by molar-refractivity contribution is 0.0830. The number of hydrogen-bond donors (Lipinski definition) is 3. The van der Waals surface area contributed by atoms with E-state index in [-0.39, 0.29) is 12.0 Å². The normalized spacial score (nSPS) is 17.7. The number of aromatic amines is 1. The number of H-pyrrole nitrogens is 1. The summed E-state index contributed by atoms with van der Waals surface area (Å²) in [6.07, 6.45) is 2.78. The molecule has 5 rings (SSSR count). The van der Waals surface area contributed by atoms with E-state index in [1.165, 1.54) is 17.4 Å². The molecule has 0 saturated carbocycles. The lowest BCUT2D eigenvalue weighted by atomic mass is 9.83. The summed E-state index contributed by atoms with van der Waals surface area (Å²) in [7, 11) is 0. The number of para-hydroxylation sites is 1. The molecule has 0 fully saturated rings. The monoisotopic (exact) mass is 454 g/mol. The van der Waals surface area contributed by atoms with Gasteiger partial charge in [-0.25, -0.2) is 19.2 Å². The number of nitrogens with zero attached hydrogens (tertiary/aromatic N) is 2. The van der Waals surface area contributed by atoms with Crippen LogP contribution in [0.5, 0.6) is 0 Å². The molecule has 0 radical (unpaired) electrons. The molecule has 5 nitrogen and oxygen atoms in total. The molecule has 4 aromatic rings. The topological polar surface area (TPSA) is 64.2 Å². The number of hydrazine groups is 1. The van der Waals surface area contributed by atoms with Crippen molar-refractivity contribution in [2.75, 3.05) is 5.01 Å². The summed E-state index contributed by atoms with van der Waals surface area (Å²) in [6, 6.07) is 6.81. The van der Waals surface area contributed by atoms with Gasteiger partial charge in [-0.2, -0.15) is 0 Å². The molecule has 3 heterocycles. The number of fused-ring (bicyclic) bond motifs is 2. The smallest absolute Gasteiger partial charge is 0.139 e. The molecule has 0 bridgehead atoms. The van der Waals surface area contributed by atoms with E-state index in [1.807, 2.05) is 38.4 Å². The molecule has 0 unspecified atom stereocenters. The minimum absolute atomic E-state index is 0.0806. The largest absolute Gasteiger partial charge is 0.390 e. The van der Waals surface area contributed by atoms with Gasteiger partial charge in [0, 0.05) is 40.7 Å². The van der Waals surface area contributed by atoms with E-state index in [4.69, 9.17) is 0 Å². The minimum atomic E-state index is -0.852. The van der Waals surface area contributed by atoms with Crippen LogP contribution < -0.4 is 10.4 Å². The first-order chi connectivity index (χ1) is 15.3. The van der Waals surface area contributed by atoms with Crippen molar-refractivity contribution < 1.29 is 13.9 Å². The first-order valence-corrected chi connectivity index (χ1v) is 11.3. The van der Waals surface area contributed by atoms with Crippen molar-refractivity contribution in [3.05, 3.63) is 69.8 Å². The van der Waals surface area contributed by atoms with Crippen molar-refractivity contribution in [1.29, 1.82) is 0 Å². The zero-order valence-corrected chi connectivity index (χ0v) is 18.9. The summed E-state index contributed by atoms with van der Waals surface area (Å²) in [5.74, 6) is -1.29. The van der Waals surface area contributed by atoms with Gasteiger partial charge in [-0.3, -0.25) is 5.01 Å². The molecule has 0 amide bonds. The first-order valence-electron chi connectivity index (χ1n) is 10.5.